The molecular weight excluding hydrogens is 360 g/mol. The second kappa shape index (κ2) is 7.55. The molecular formula is C18H15ClN2O3S. The third-order valence-corrected chi connectivity index (χ3v) is 4.87. The third-order valence-electron chi connectivity index (χ3n) is 3.53. The van der Waals surface area contributed by atoms with Crippen LogP contribution in [0.1, 0.15) is 38.8 Å². The number of thiophene rings is 1. The molecule has 0 aliphatic heterocycles. The molecule has 0 radical (unpaired) electrons. The molecule has 0 saturated carbocycles. The van der Waals surface area contributed by atoms with Crippen LogP contribution in [-0.4, -0.2) is 11.8 Å². The van der Waals surface area contributed by atoms with E-state index < -0.39 is 0 Å². The summed E-state index contributed by atoms with van der Waals surface area (Å²) in [6.45, 7) is 1.87. The topological polar surface area (TPSA) is 71.3 Å². The van der Waals surface area contributed by atoms with Gasteiger partial charge in [0.05, 0.1) is 22.2 Å². The lowest BCUT2D eigenvalue weighted by molar-refractivity contribution is 0.0942. The molecule has 3 aromatic rings. The molecule has 25 heavy (non-hydrogen) atoms. The predicted octanol–water partition coefficient (Wildman–Crippen LogP) is 4.74. The number of nitrogens with one attached hydrogen (secondary N) is 2. The van der Waals surface area contributed by atoms with Crippen molar-refractivity contribution < 1.29 is 14.0 Å². The van der Waals surface area contributed by atoms with Gasteiger partial charge in [-0.05, 0) is 42.8 Å². The first-order valence-electron chi connectivity index (χ1n) is 7.54. The van der Waals surface area contributed by atoms with Gasteiger partial charge in [-0.2, -0.15) is 0 Å². The van der Waals surface area contributed by atoms with E-state index >= 15 is 0 Å². The molecule has 1 atom stereocenters. The number of anilines is 1. The Morgan fingerprint density at radius 1 is 1.08 bits per heavy atom. The molecule has 0 bridgehead atoms. The van der Waals surface area contributed by atoms with Crippen molar-refractivity contribution in [3.05, 3.63) is 76.0 Å². The maximum atomic E-state index is 12.4. The number of furan rings is 1. The largest absolute Gasteiger partial charge is 0.459 e. The fourth-order valence-corrected chi connectivity index (χ4v) is 3.38. The Morgan fingerprint density at radius 3 is 2.60 bits per heavy atom. The summed E-state index contributed by atoms with van der Waals surface area (Å²) in [5.74, 6) is -0.370. The molecule has 0 saturated heterocycles. The second-order valence-corrected chi connectivity index (χ2v) is 6.80. The molecule has 0 spiro atoms. The van der Waals surface area contributed by atoms with Gasteiger partial charge in [0.1, 0.15) is 0 Å². The number of halogens is 1. The molecule has 2 amide bonds. The van der Waals surface area contributed by atoms with Crippen molar-refractivity contribution in [1.29, 1.82) is 0 Å². The van der Waals surface area contributed by atoms with E-state index in [1.165, 1.54) is 17.6 Å². The van der Waals surface area contributed by atoms with Crippen LogP contribution in [0.3, 0.4) is 0 Å². The van der Waals surface area contributed by atoms with Crippen LogP contribution in [0.5, 0.6) is 0 Å². The molecule has 5 nitrogen and oxygen atoms in total. The molecule has 3 rings (SSSR count). The van der Waals surface area contributed by atoms with Gasteiger partial charge in [0, 0.05) is 5.02 Å². The van der Waals surface area contributed by atoms with E-state index in [-0.39, 0.29) is 23.6 Å². The van der Waals surface area contributed by atoms with Gasteiger partial charge in [0.15, 0.2) is 5.76 Å². The molecule has 0 fully saturated rings. The standard InChI is InChI=1S/C18H15ClN2O3S/c1-11(12-5-2-3-6-13(12)19)20-18(23)15-8-9-16(25-15)21-17(22)14-7-4-10-24-14/h2-11H,1H3,(H,20,23)(H,21,22). The maximum absolute atomic E-state index is 12.4. The van der Waals surface area contributed by atoms with Crippen molar-refractivity contribution >= 4 is 39.8 Å². The third kappa shape index (κ3) is 4.10. The second-order valence-electron chi connectivity index (χ2n) is 5.31. The molecule has 2 aromatic heterocycles. The van der Waals surface area contributed by atoms with Gasteiger partial charge in [0.25, 0.3) is 11.8 Å². The maximum Gasteiger partial charge on any atom is 0.291 e. The van der Waals surface area contributed by atoms with E-state index in [9.17, 15) is 9.59 Å². The summed E-state index contributed by atoms with van der Waals surface area (Å²) in [7, 11) is 0. The van der Waals surface area contributed by atoms with Gasteiger partial charge in [-0.25, -0.2) is 0 Å². The van der Waals surface area contributed by atoms with E-state index in [0.717, 1.165) is 5.56 Å². The van der Waals surface area contributed by atoms with E-state index in [0.29, 0.717) is 14.9 Å². The highest BCUT2D eigenvalue weighted by molar-refractivity contribution is 7.18. The van der Waals surface area contributed by atoms with Crippen LogP contribution < -0.4 is 10.6 Å². The molecule has 128 valence electrons. The van der Waals surface area contributed by atoms with Gasteiger partial charge in [-0.3, -0.25) is 9.59 Å². The SMILES string of the molecule is CC(NC(=O)c1ccc(NC(=O)c2ccco2)s1)c1ccccc1Cl. The minimum atomic E-state index is -0.358. The van der Waals surface area contributed by atoms with Crippen molar-refractivity contribution in [3.8, 4) is 0 Å². The Labute approximate surface area is 153 Å². The van der Waals surface area contributed by atoms with Crippen LogP contribution in [0.15, 0.2) is 59.2 Å². The molecule has 1 aromatic carbocycles. The number of hydrogen-bond acceptors (Lipinski definition) is 4. The molecule has 2 heterocycles. The van der Waals surface area contributed by atoms with E-state index in [1.807, 2.05) is 25.1 Å². The molecule has 0 aliphatic carbocycles. The molecule has 1 unspecified atom stereocenters. The fourth-order valence-electron chi connectivity index (χ4n) is 2.28. The lowest BCUT2D eigenvalue weighted by Gasteiger charge is -2.15. The van der Waals surface area contributed by atoms with E-state index in [4.69, 9.17) is 16.0 Å². The Bertz CT molecular complexity index is 889. The average molecular weight is 375 g/mol. The van der Waals surface area contributed by atoms with Crippen LogP contribution >= 0.6 is 22.9 Å². The lowest BCUT2D eigenvalue weighted by Crippen LogP contribution is -2.26. The predicted molar refractivity (Wildman–Crippen MR) is 98.3 cm³/mol. The summed E-state index contributed by atoms with van der Waals surface area (Å²) in [5, 5.41) is 6.77. The number of carbonyl (C=O) groups is 2. The highest BCUT2D eigenvalue weighted by atomic mass is 35.5. The van der Waals surface area contributed by atoms with Crippen LogP contribution in [0.25, 0.3) is 0 Å². The summed E-state index contributed by atoms with van der Waals surface area (Å²) < 4.78 is 5.04. The summed E-state index contributed by atoms with van der Waals surface area (Å²) in [5.41, 5.74) is 0.848. The Hall–Kier alpha value is -2.57. The summed E-state index contributed by atoms with van der Waals surface area (Å²) in [6, 6.07) is 13.7. The first kappa shape index (κ1) is 17.3. The first-order valence-corrected chi connectivity index (χ1v) is 8.74. The first-order chi connectivity index (χ1) is 12.0. The Balaban J connectivity index is 1.64. The Kier molecular flexibility index (Phi) is 5.21. The van der Waals surface area contributed by atoms with Crippen molar-refractivity contribution in [2.24, 2.45) is 0 Å². The van der Waals surface area contributed by atoms with Crippen molar-refractivity contribution in [3.63, 3.8) is 0 Å². The number of rotatable bonds is 5. The minimum absolute atomic E-state index is 0.215. The average Bonchev–Trinajstić information content (AvgIpc) is 3.27. The van der Waals surface area contributed by atoms with Crippen LogP contribution in [-0.2, 0) is 0 Å². The quantitative estimate of drug-likeness (QED) is 0.677. The van der Waals surface area contributed by atoms with E-state index in [2.05, 4.69) is 10.6 Å². The molecule has 2 N–H and O–H groups in total. The number of hydrogen-bond donors (Lipinski definition) is 2. The van der Waals surface area contributed by atoms with Crippen LogP contribution in [0.2, 0.25) is 5.02 Å². The lowest BCUT2D eigenvalue weighted by atomic mass is 10.1. The van der Waals surface area contributed by atoms with Gasteiger partial charge in [0.2, 0.25) is 0 Å². The van der Waals surface area contributed by atoms with Crippen LogP contribution in [0, 0.1) is 0 Å². The number of carbonyl (C=O) groups excluding carboxylic acids is 2. The smallest absolute Gasteiger partial charge is 0.291 e. The van der Waals surface area contributed by atoms with Gasteiger partial charge in [-0.15, -0.1) is 11.3 Å². The van der Waals surface area contributed by atoms with Crippen molar-refractivity contribution in [1.82, 2.24) is 5.32 Å². The Morgan fingerprint density at radius 2 is 1.88 bits per heavy atom. The van der Waals surface area contributed by atoms with Crippen molar-refractivity contribution in [2.45, 2.75) is 13.0 Å². The fraction of sp³-hybridized carbons (Fsp3) is 0.111. The molecule has 7 heteroatoms. The zero-order chi connectivity index (χ0) is 17.8. The highest BCUT2D eigenvalue weighted by Crippen LogP contribution is 2.25. The zero-order valence-corrected chi connectivity index (χ0v) is 14.9. The number of amides is 2. The molecule has 0 aliphatic rings. The zero-order valence-electron chi connectivity index (χ0n) is 13.3. The van der Waals surface area contributed by atoms with Gasteiger partial charge >= 0.3 is 0 Å². The summed E-state index contributed by atoms with van der Waals surface area (Å²) in [4.78, 5) is 24.8. The van der Waals surface area contributed by atoms with E-state index in [1.54, 1.807) is 30.3 Å². The normalized spacial score (nSPS) is 11.8. The minimum Gasteiger partial charge on any atom is -0.459 e. The van der Waals surface area contributed by atoms with Crippen molar-refractivity contribution in [2.75, 3.05) is 5.32 Å². The summed E-state index contributed by atoms with van der Waals surface area (Å²) in [6.07, 6.45) is 1.43. The van der Waals surface area contributed by atoms with Gasteiger partial charge < -0.3 is 15.1 Å². The van der Waals surface area contributed by atoms with Crippen LogP contribution in [0.4, 0.5) is 5.00 Å². The highest BCUT2D eigenvalue weighted by Gasteiger charge is 2.16. The summed E-state index contributed by atoms with van der Waals surface area (Å²) >= 11 is 7.34. The number of benzene rings is 1. The van der Waals surface area contributed by atoms with Gasteiger partial charge in [-0.1, -0.05) is 29.8 Å². The monoisotopic (exact) mass is 374 g/mol.